The van der Waals surface area contributed by atoms with Gasteiger partial charge in [0.15, 0.2) is 6.61 Å². The number of nitrogens with one attached hydrogen (secondary N) is 2. The summed E-state index contributed by atoms with van der Waals surface area (Å²) in [5, 5.41) is 5.82. The highest BCUT2D eigenvalue weighted by Crippen LogP contribution is 2.24. The third kappa shape index (κ3) is 4.22. The number of benzene rings is 1. The molecule has 4 nitrogen and oxygen atoms in total. The Morgan fingerprint density at radius 1 is 1.50 bits per heavy atom. The summed E-state index contributed by atoms with van der Waals surface area (Å²) in [6.07, 6.45) is 1.63. The molecule has 4 heteroatoms. The smallest absolute Gasteiger partial charge is 0.258 e. The fourth-order valence-electron chi connectivity index (χ4n) is 1.51. The number of hydrogen-bond donors (Lipinski definition) is 2. The monoisotopic (exact) mass is 248 g/mol. The number of rotatable bonds is 7. The van der Waals surface area contributed by atoms with Crippen molar-refractivity contribution in [2.45, 2.75) is 13.0 Å². The van der Waals surface area contributed by atoms with Gasteiger partial charge in [-0.1, -0.05) is 24.3 Å². The zero-order chi connectivity index (χ0) is 13.4. The van der Waals surface area contributed by atoms with Crippen LogP contribution in [0.3, 0.4) is 0 Å². The first-order valence-corrected chi connectivity index (χ1v) is 5.95. The van der Waals surface area contributed by atoms with E-state index >= 15 is 0 Å². The Kier molecular flexibility index (Phi) is 5.94. The molecule has 18 heavy (non-hydrogen) atoms. The van der Waals surface area contributed by atoms with Crippen molar-refractivity contribution in [1.29, 1.82) is 0 Å². The van der Waals surface area contributed by atoms with Crippen LogP contribution in [0, 0.1) is 0 Å². The number of hydrogen-bond acceptors (Lipinski definition) is 3. The minimum Gasteiger partial charge on any atom is -0.483 e. The van der Waals surface area contributed by atoms with E-state index < -0.39 is 0 Å². The molecule has 0 aliphatic heterocycles. The molecule has 1 aromatic rings. The molecule has 98 valence electrons. The zero-order valence-electron chi connectivity index (χ0n) is 10.9. The van der Waals surface area contributed by atoms with Gasteiger partial charge >= 0.3 is 0 Å². The number of carbonyl (C=O) groups is 1. The lowest BCUT2D eigenvalue weighted by molar-refractivity contribution is -0.122. The predicted octanol–water partition coefficient (Wildman–Crippen LogP) is 1.65. The van der Waals surface area contributed by atoms with Gasteiger partial charge in [0, 0.05) is 18.2 Å². The van der Waals surface area contributed by atoms with Crippen molar-refractivity contribution in [2.75, 3.05) is 20.2 Å². The first-order chi connectivity index (χ1) is 8.69. The van der Waals surface area contributed by atoms with Gasteiger partial charge in [-0.15, -0.1) is 6.58 Å². The number of carbonyl (C=O) groups excluding carboxylic acids is 1. The second-order valence-electron chi connectivity index (χ2n) is 3.93. The van der Waals surface area contributed by atoms with Gasteiger partial charge in [0.25, 0.3) is 5.91 Å². The largest absolute Gasteiger partial charge is 0.483 e. The van der Waals surface area contributed by atoms with E-state index in [1.54, 1.807) is 6.08 Å². The van der Waals surface area contributed by atoms with Crippen LogP contribution < -0.4 is 15.4 Å². The van der Waals surface area contributed by atoms with Gasteiger partial charge in [0.1, 0.15) is 5.75 Å². The summed E-state index contributed by atoms with van der Waals surface area (Å²) in [5.74, 6) is 0.579. The SMILES string of the molecule is C=CCNC(=O)COc1ccccc1C(C)NC. The molecule has 0 aromatic heterocycles. The molecule has 0 aliphatic rings. The first kappa shape index (κ1) is 14.3. The number of ether oxygens (including phenoxy) is 1. The highest BCUT2D eigenvalue weighted by Gasteiger charge is 2.10. The van der Waals surface area contributed by atoms with Gasteiger partial charge in [0.2, 0.25) is 0 Å². The van der Waals surface area contributed by atoms with Crippen molar-refractivity contribution in [3.8, 4) is 5.75 Å². The Balaban J connectivity index is 2.61. The van der Waals surface area contributed by atoms with Crippen LogP contribution in [0.2, 0.25) is 0 Å². The summed E-state index contributed by atoms with van der Waals surface area (Å²) in [6, 6.07) is 7.87. The Morgan fingerprint density at radius 2 is 2.22 bits per heavy atom. The molecule has 0 bridgehead atoms. The van der Waals surface area contributed by atoms with Crippen molar-refractivity contribution in [2.24, 2.45) is 0 Å². The average Bonchev–Trinajstić information content (AvgIpc) is 2.42. The number of para-hydroxylation sites is 1. The van der Waals surface area contributed by atoms with Crippen molar-refractivity contribution >= 4 is 5.91 Å². The van der Waals surface area contributed by atoms with Crippen LogP contribution in [0.15, 0.2) is 36.9 Å². The Labute approximate surface area is 108 Å². The summed E-state index contributed by atoms with van der Waals surface area (Å²) >= 11 is 0. The van der Waals surface area contributed by atoms with Crippen molar-refractivity contribution in [3.05, 3.63) is 42.5 Å². The van der Waals surface area contributed by atoms with Crippen LogP contribution in [-0.4, -0.2) is 26.1 Å². The minimum absolute atomic E-state index is 0.0152. The van der Waals surface area contributed by atoms with Gasteiger partial charge in [-0.25, -0.2) is 0 Å². The van der Waals surface area contributed by atoms with Gasteiger partial charge < -0.3 is 15.4 Å². The Bertz CT molecular complexity index is 405. The molecule has 0 spiro atoms. The van der Waals surface area contributed by atoms with E-state index in [9.17, 15) is 4.79 Å². The molecular weight excluding hydrogens is 228 g/mol. The Hall–Kier alpha value is -1.81. The quantitative estimate of drug-likeness (QED) is 0.721. The van der Waals surface area contributed by atoms with Gasteiger partial charge in [0.05, 0.1) is 0 Å². The lowest BCUT2D eigenvalue weighted by Crippen LogP contribution is -2.29. The topological polar surface area (TPSA) is 50.4 Å². The van der Waals surface area contributed by atoms with Crippen LogP contribution >= 0.6 is 0 Å². The molecule has 0 saturated heterocycles. The zero-order valence-corrected chi connectivity index (χ0v) is 10.9. The van der Waals surface area contributed by atoms with E-state index in [1.165, 1.54) is 0 Å². The predicted molar refractivity (Wildman–Crippen MR) is 72.6 cm³/mol. The van der Waals surface area contributed by atoms with Crippen LogP contribution in [0.5, 0.6) is 5.75 Å². The Morgan fingerprint density at radius 3 is 2.89 bits per heavy atom. The van der Waals surface area contributed by atoms with E-state index in [4.69, 9.17) is 4.74 Å². The fraction of sp³-hybridized carbons (Fsp3) is 0.357. The fourth-order valence-corrected chi connectivity index (χ4v) is 1.51. The molecule has 1 aromatic carbocycles. The molecule has 1 amide bonds. The van der Waals surface area contributed by atoms with Gasteiger partial charge in [-0.3, -0.25) is 4.79 Å². The lowest BCUT2D eigenvalue weighted by atomic mass is 10.1. The second-order valence-corrected chi connectivity index (χ2v) is 3.93. The molecule has 0 aliphatic carbocycles. The molecule has 2 N–H and O–H groups in total. The average molecular weight is 248 g/mol. The maximum atomic E-state index is 11.4. The first-order valence-electron chi connectivity index (χ1n) is 5.95. The molecule has 0 fully saturated rings. The van der Waals surface area contributed by atoms with E-state index in [1.807, 2.05) is 38.2 Å². The molecule has 0 heterocycles. The summed E-state index contributed by atoms with van der Waals surface area (Å²) in [5.41, 5.74) is 1.04. The highest BCUT2D eigenvalue weighted by atomic mass is 16.5. The van der Waals surface area contributed by atoms with Crippen molar-refractivity contribution in [3.63, 3.8) is 0 Å². The number of amides is 1. The van der Waals surface area contributed by atoms with Crippen LogP contribution in [0.1, 0.15) is 18.5 Å². The van der Waals surface area contributed by atoms with Crippen molar-refractivity contribution < 1.29 is 9.53 Å². The van der Waals surface area contributed by atoms with E-state index in [-0.39, 0.29) is 18.6 Å². The van der Waals surface area contributed by atoms with Gasteiger partial charge in [-0.05, 0) is 20.0 Å². The van der Waals surface area contributed by atoms with Gasteiger partial charge in [-0.2, -0.15) is 0 Å². The molecule has 1 unspecified atom stereocenters. The molecule has 0 saturated carbocycles. The maximum Gasteiger partial charge on any atom is 0.258 e. The van der Waals surface area contributed by atoms with Crippen LogP contribution in [0.4, 0.5) is 0 Å². The molecule has 1 rings (SSSR count). The van der Waals surface area contributed by atoms with Crippen LogP contribution in [0.25, 0.3) is 0 Å². The maximum absolute atomic E-state index is 11.4. The highest BCUT2D eigenvalue weighted by molar-refractivity contribution is 5.77. The van der Waals surface area contributed by atoms with Crippen LogP contribution in [-0.2, 0) is 4.79 Å². The third-order valence-corrected chi connectivity index (χ3v) is 2.62. The van der Waals surface area contributed by atoms with E-state index in [0.717, 1.165) is 11.3 Å². The minimum atomic E-state index is -0.151. The van der Waals surface area contributed by atoms with E-state index in [2.05, 4.69) is 17.2 Å². The molecule has 0 radical (unpaired) electrons. The molecule has 1 atom stereocenters. The second kappa shape index (κ2) is 7.50. The summed E-state index contributed by atoms with van der Waals surface area (Å²) < 4.78 is 5.53. The molecular formula is C14H20N2O2. The standard InChI is InChI=1S/C14H20N2O2/c1-4-9-16-14(17)10-18-13-8-6-5-7-12(13)11(2)15-3/h4-8,11,15H,1,9-10H2,2-3H3,(H,16,17). The summed E-state index contributed by atoms with van der Waals surface area (Å²) in [6.45, 7) is 6.05. The summed E-state index contributed by atoms with van der Waals surface area (Å²) in [7, 11) is 1.89. The third-order valence-electron chi connectivity index (χ3n) is 2.62. The van der Waals surface area contributed by atoms with E-state index in [0.29, 0.717) is 6.54 Å². The lowest BCUT2D eigenvalue weighted by Gasteiger charge is -2.16. The summed E-state index contributed by atoms with van der Waals surface area (Å²) in [4.78, 5) is 11.4. The van der Waals surface area contributed by atoms with Crippen molar-refractivity contribution in [1.82, 2.24) is 10.6 Å². The normalized spacial score (nSPS) is 11.7.